The van der Waals surface area contributed by atoms with E-state index in [2.05, 4.69) is 15.9 Å². The van der Waals surface area contributed by atoms with Crippen molar-refractivity contribution < 1.29 is 9.59 Å². The Morgan fingerprint density at radius 3 is 2.09 bits per heavy atom. The maximum atomic E-state index is 13.8. The number of carbonyl (C=O) groups excluding carboxylic acids is 2. The largest absolute Gasteiger partial charge is 0.332 e. The molecule has 5 nitrogen and oxygen atoms in total. The molecule has 0 aliphatic carbocycles. The molecule has 1 aliphatic heterocycles. The lowest BCUT2D eigenvalue weighted by Gasteiger charge is -2.32. The molecule has 1 heterocycles. The van der Waals surface area contributed by atoms with E-state index in [4.69, 9.17) is 28.6 Å². The molecule has 0 aromatic heterocycles. The summed E-state index contributed by atoms with van der Waals surface area (Å²) in [6, 6.07) is 19.3. The predicted molar refractivity (Wildman–Crippen MR) is 135 cm³/mol. The number of nitrogens with zero attached hydrogens (tertiary/aromatic N) is 2. The molecular weight excluding hydrogens is 525 g/mol. The first kappa shape index (κ1) is 23.5. The zero-order valence-electron chi connectivity index (χ0n) is 17.7. The maximum absolute atomic E-state index is 13.8. The molecule has 168 valence electrons. The lowest BCUT2D eigenvalue weighted by atomic mass is 9.90. The van der Waals surface area contributed by atoms with E-state index in [1.54, 1.807) is 30.0 Å². The minimum absolute atomic E-state index is 0.237. The van der Waals surface area contributed by atoms with E-state index in [0.717, 1.165) is 26.1 Å². The number of halogens is 3. The van der Waals surface area contributed by atoms with Gasteiger partial charge in [0.05, 0.1) is 5.69 Å². The van der Waals surface area contributed by atoms with Crippen LogP contribution in [0, 0.1) is 5.41 Å². The first-order valence-corrected chi connectivity index (χ1v) is 11.7. The van der Waals surface area contributed by atoms with Crippen LogP contribution in [0.4, 0.5) is 10.5 Å². The molecule has 3 amide bonds. The van der Waals surface area contributed by atoms with Crippen molar-refractivity contribution in [1.29, 1.82) is 5.41 Å². The highest BCUT2D eigenvalue weighted by atomic mass is 79.9. The molecule has 1 fully saturated rings. The van der Waals surface area contributed by atoms with Crippen molar-refractivity contribution >= 4 is 63.0 Å². The molecule has 0 bridgehead atoms. The van der Waals surface area contributed by atoms with Gasteiger partial charge in [-0.15, -0.1) is 0 Å². The molecule has 0 unspecified atom stereocenters. The summed E-state index contributed by atoms with van der Waals surface area (Å²) in [5.74, 6) is -0.343. The van der Waals surface area contributed by atoms with Crippen LogP contribution in [0.3, 0.4) is 0 Å². The quantitative estimate of drug-likeness (QED) is 0.276. The van der Waals surface area contributed by atoms with Crippen molar-refractivity contribution in [2.75, 3.05) is 4.90 Å². The van der Waals surface area contributed by atoms with Gasteiger partial charge in [0.25, 0.3) is 5.91 Å². The highest BCUT2D eigenvalue weighted by Crippen LogP contribution is 2.38. The van der Waals surface area contributed by atoms with Crippen LogP contribution >= 0.6 is 39.1 Å². The molecule has 8 heteroatoms. The monoisotopic (exact) mass is 543 g/mol. The zero-order valence-corrected chi connectivity index (χ0v) is 20.8. The van der Waals surface area contributed by atoms with Gasteiger partial charge >= 0.3 is 6.03 Å². The summed E-state index contributed by atoms with van der Waals surface area (Å²) in [5, 5.41) is 8.07. The second kappa shape index (κ2) is 9.29. The number of benzene rings is 3. The molecule has 0 spiro atoms. The van der Waals surface area contributed by atoms with Crippen molar-refractivity contribution in [1.82, 2.24) is 4.90 Å². The molecule has 3 aromatic rings. The highest BCUT2D eigenvalue weighted by molar-refractivity contribution is 9.10. The third-order valence-corrected chi connectivity index (χ3v) is 6.70. The molecule has 1 N–H and O–H groups in total. The molecule has 1 aliphatic rings. The number of urea groups is 1. The molecule has 1 saturated heterocycles. The fraction of sp³-hybridized carbons (Fsp3) is 0.160. The number of hydrogen-bond donors (Lipinski definition) is 1. The Bertz CT molecular complexity index is 1210. The normalized spacial score (nSPS) is 18.2. The van der Waals surface area contributed by atoms with Gasteiger partial charge in [0, 0.05) is 33.7 Å². The zero-order chi connectivity index (χ0) is 23.8. The van der Waals surface area contributed by atoms with Gasteiger partial charge in [-0.05, 0) is 53.9 Å². The van der Waals surface area contributed by atoms with E-state index in [9.17, 15) is 9.59 Å². The Morgan fingerprint density at radius 2 is 1.52 bits per heavy atom. The van der Waals surface area contributed by atoms with E-state index in [-0.39, 0.29) is 12.5 Å². The minimum Gasteiger partial charge on any atom is -0.308 e. The van der Waals surface area contributed by atoms with E-state index >= 15 is 0 Å². The van der Waals surface area contributed by atoms with Crippen LogP contribution in [0.25, 0.3) is 0 Å². The molecule has 4 rings (SSSR count). The Labute approximate surface area is 210 Å². The third-order valence-electron chi connectivity index (χ3n) is 5.74. The third kappa shape index (κ3) is 4.69. The van der Waals surface area contributed by atoms with Crippen molar-refractivity contribution in [2.24, 2.45) is 0 Å². The maximum Gasteiger partial charge on any atom is 0.332 e. The highest BCUT2D eigenvalue weighted by Gasteiger charge is 2.54. The summed E-state index contributed by atoms with van der Waals surface area (Å²) >= 11 is 15.8. The second-order valence-corrected chi connectivity index (χ2v) is 9.89. The molecule has 1 atom stereocenters. The van der Waals surface area contributed by atoms with Gasteiger partial charge in [-0.25, -0.2) is 9.69 Å². The number of imide groups is 1. The summed E-state index contributed by atoms with van der Waals surface area (Å²) in [7, 11) is 0. The number of carbonyl (C=O) groups is 2. The van der Waals surface area contributed by atoms with Crippen LogP contribution in [-0.2, 0) is 17.8 Å². The van der Waals surface area contributed by atoms with E-state index in [0.29, 0.717) is 22.2 Å². The van der Waals surface area contributed by atoms with Gasteiger partial charge in [0.1, 0.15) is 5.54 Å². The summed E-state index contributed by atoms with van der Waals surface area (Å²) in [4.78, 5) is 30.1. The van der Waals surface area contributed by atoms with Crippen LogP contribution in [0.5, 0.6) is 0 Å². The SMILES string of the molecule is C[C@@]1(Cc2ccc(Br)cc2)C(=O)N(c2cc(Cl)cc(Cl)c2)C(=O)N1Cc1ccc(C=N)cc1. The van der Waals surface area contributed by atoms with Gasteiger partial charge in [-0.1, -0.05) is 75.5 Å². The van der Waals surface area contributed by atoms with Gasteiger partial charge in [-0.2, -0.15) is 0 Å². The Hall–Kier alpha value is -2.67. The Balaban J connectivity index is 1.76. The summed E-state index contributed by atoms with van der Waals surface area (Å²) in [6.07, 6.45) is 1.60. The predicted octanol–water partition coefficient (Wildman–Crippen LogP) is 6.72. The second-order valence-electron chi connectivity index (χ2n) is 8.10. The molecule has 33 heavy (non-hydrogen) atoms. The van der Waals surface area contributed by atoms with Gasteiger partial charge < -0.3 is 10.3 Å². The summed E-state index contributed by atoms with van der Waals surface area (Å²) in [5.41, 5.74) is 1.76. The van der Waals surface area contributed by atoms with Crippen molar-refractivity contribution in [3.05, 3.63) is 97.9 Å². The first-order chi connectivity index (χ1) is 15.7. The van der Waals surface area contributed by atoms with E-state index < -0.39 is 11.6 Å². The van der Waals surface area contributed by atoms with Crippen LogP contribution < -0.4 is 4.90 Å². The molecule has 0 saturated carbocycles. The van der Waals surface area contributed by atoms with E-state index in [1.165, 1.54) is 6.21 Å². The van der Waals surface area contributed by atoms with Crippen molar-refractivity contribution in [2.45, 2.75) is 25.4 Å². The number of hydrogen-bond acceptors (Lipinski definition) is 3. The number of amides is 3. The molecular formula is C25H20BrCl2N3O2. The fourth-order valence-electron chi connectivity index (χ4n) is 3.99. The topological polar surface area (TPSA) is 64.5 Å². The lowest BCUT2D eigenvalue weighted by Crippen LogP contribution is -2.48. The van der Waals surface area contributed by atoms with E-state index in [1.807, 2.05) is 48.5 Å². The molecule has 0 radical (unpaired) electrons. The van der Waals surface area contributed by atoms with Gasteiger partial charge in [-0.3, -0.25) is 4.79 Å². The van der Waals surface area contributed by atoms with Gasteiger partial charge in [0.2, 0.25) is 0 Å². The number of rotatable bonds is 6. The van der Waals surface area contributed by atoms with Crippen LogP contribution in [0.15, 0.2) is 71.2 Å². The van der Waals surface area contributed by atoms with Crippen molar-refractivity contribution in [3.8, 4) is 0 Å². The standard InChI is InChI=1S/C25H20BrCl2N3O2/c1-25(13-16-6-8-19(26)9-7-16)23(32)31(22-11-20(27)10-21(28)12-22)24(33)30(25)15-18-4-2-17(14-29)3-5-18/h2-12,14,29H,13,15H2,1H3/t25-/m1/s1. The van der Waals surface area contributed by atoms with Crippen LogP contribution in [0.2, 0.25) is 10.0 Å². The average molecular weight is 545 g/mol. The lowest BCUT2D eigenvalue weighted by molar-refractivity contribution is -0.124. The van der Waals surface area contributed by atoms with Crippen molar-refractivity contribution in [3.63, 3.8) is 0 Å². The summed E-state index contributed by atoms with van der Waals surface area (Å²) in [6.45, 7) is 2.02. The smallest absolute Gasteiger partial charge is 0.308 e. The minimum atomic E-state index is -1.13. The van der Waals surface area contributed by atoms with Crippen LogP contribution in [-0.4, -0.2) is 28.6 Å². The number of nitrogens with one attached hydrogen (secondary N) is 1. The summed E-state index contributed by atoms with van der Waals surface area (Å²) < 4.78 is 0.934. The average Bonchev–Trinajstić information content (AvgIpc) is 2.95. The first-order valence-electron chi connectivity index (χ1n) is 10.2. The van der Waals surface area contributed by atoms with Crippen LogP contribution in [0.1, 0.15) is 23.6 Å². The molecule has 3 aromatic carbocycles. The van der Waals surface area contributed by atoms with Gasteiger partial charge in [0.15, 0.2) is 0 Å². The number of anilines is 1. The Morgan fingerprint density at radius 1 is 0.939 bits per heavy atom. The Kier molecular flexibility index (Phi) is 6.61. The fourth-order valence-corrected chi connectivity index (χ4v) is 4.76.